The molecule has 0 spiro atoms. The van der Waals surface area contributed by atoms with Crippen LogP contribution in [0.25, 0.3) is 5.57 Å². The highest BCUT2D eigenvalue weighted by molar-refractivity contribution is 6.45. The Balaban J connectivity index is 1.78. The molecule has 0 radical (unpaired) electrons. The first kappa shape index (κ1) is 20.7. The molecule has 5 heteroatoms. The van der Waals surface area contributed by atoms with Crippen molar-refractivity contribution in [3.8, 4) is 0 Å². The zero-order valence-electron chi connectivity index (χ0n) is 17.7. The van der Waals surface area contributed by atoms with Crippen LogP contribution in [0.15, 0.2) is 54.2 Å². The summed E-state index contributed by atoms with van der Waals surface area (Å²) in [5.41, 5.74) is 3.50. The van der Waals surface area contributed by atoms with E-state index in [1.807, 2.05) is 36.4 Å². The van der Waals surface area contributed by atoms with Crippen LogP contribution in [0.2, 0.25) is 5.02 Å². The largest absolute Gasteiger partial charge is 0.366 e. The molecule has 0 aromatic heterocycles. The van der Waals surface area contributed by atoms with Crippen molar-refractivity contribution in [2.45, 2.75) is 39.5 Å². The average molecular weight is 423 g/mol. The second kappa shape index (κ2) is 8.27. The highest BCUT2D eigenvalue weighted by atomic mass is 35.5. The van der Waals surface area contributed by atoms with E-state index in [1.54, 1.807) is 12.1 Å². The lowest BCUT2D eigenvalue weighted by molar-refractivity contribution is -0.120. The molecule has 1 fully saturated rings. The molecule has 0 N–H and O–H groups in total. The van der Waals surface area contributed by atoms with Crippen LogP contribution in [0, 0.1) is 5.92 Å². The third-order valence-corrected chi connectivity index (χ3v) is 6.24. The lowest BCUT2D eigenvalue weighted by Gasteiger charge is -2.33. The Morgan fingerprint density at radius 1 is 0.967 bits per heavy atom. The fraction of sp³-hybridized carbons (Fsp3) is 0.360. The number of likely N-dealkylation sites (tertiary alicyclic amines) is 1. The van der Waals surface area contributed by atoms with Crippen molar-refractivity contribution >= 4 is 34.7 Å². The van der Waals surface area contributed by atoms with E-state index in [1.165, 1.54) is 10.5 Å². The Morgan fingerprint density at radius 3 is 2.23 bits per heavy atom. The van der Waals surface area contributed by atoms with E-state index in [-0.39, 0.29) is 11.8 Å². The number of rotatable bonds is 4. The number of hydrogen-bond donors (Lipinski definition) is 0. The minimum Gasteiger partial charge on any atom is -0.366 e. The molecule has 4 rings (SSSR count). The average Bonchev–Trinajstić information content (AvgIpc) is 2.99. The molecule has 2 aliphatic heterocycles. The molecular formula is C25H27ClN2O2. The van der Waals surface area contributed by atoms with Crippen LogP contribution in [-0.2, 0) is 9.59 Å². The van der Waals surface area contributed by atoms with Crippen molar-refractivity contribution in [1.29, 1.82) is 0 Å². The van der Waals surface area contributed by atoms with Gasteiger partial charge in [-0.1, -0.05) is 56.6 Å². The van der Waals surface area contributed by atoms with Gasteiger partial charge in [0.15, 0.2) is 0 Å². The van der Waals surface area contributed by atoms with E-state index in [0.29, 0.717) is 33.8 Å². The minimum absolute atomic E-state index is 0.239. The van der Waals surface area contributed by atoms with Crippen molar-refractivity contribution in [1.82, 2.24) is 4.90 Å². The summed E-state index contributed by atoms with van der Waals surface area (Å²) in [7, 11) is 0. The van der Waals surface area contributed by atoms with Gasteiger partial charge in [0.25, 0.3) is 11.8 Å². The maximum absolute atomic E-state index is 13.6. The minimum atomic E-state index is -0.271. The fourth-order valence-corrected chi connectivity index (χ4v) is 4.45. The molecule has 2 aliphatic rings. The van der Waals surface area contributed by atoms with Crippen LogP contribution in [0.1, 0.15) is 50.7 Å². The van der Waals surface area contributed by atoms with Gasteiger partial charge in [0.05, 0.1) is 11.3 Å². The molecule has 156 valence electrons. The first-order valence-corrected chi connectivity index (χ1v) is 11.0. The number of imide groups is 1. The summed E-state index contributed by atoms with van der Waals surface area (Å²) in [5, 5.41) is 0.602. The van der Waals surface area contributed by atoms with Gasteiger partial charge < -0.3 is 4.90 Å². The molecule has 2 amide bonds. The van der Waals surface area contributed by atoms with E-state index in [4.69, 9.17) is 11.6 Å². The fourth-order valence-electron chi connectivity index (χ4n) is 4.32. The van der Waals surface area contributed by atoms with E-state index < -0.39 is 0 Å². The van der Waals surface area contributed by atoms with E-state index in [9.17, 15) is 9.59 Å². The number of carbonyl (C=O) groups is 2. The maximum Gasteiger partial charge on any atom is 0.282 e. The smallest absolute Gasteiger partial charge is 0.282 e. The quantitative estimate of drug-likeness (QED) is 0.612. The predicted molar refractivity (Wildman–Crippen MR) is 121 cm³/mol. The molecule has 0 aliphatic carbocycles. The van der Waals surface area contributed by atoms with Crippen LogP contribution in [-0.4, -0.2) is 29.8 Å². The number of piperidine rings is 1. The number of carbonyl (C=O) groups excluding carboxylic acids is 2. The van der Waals surface area contributed by atoms with Gasteiger partial charge in [-0.05, 0) is 60.1 Å². The summed E-state index contributed by atoms with van der Waals surface area (Å²) in [6, 6.07) is 14.9. The van der Waals surface area contributed by atoms with Gasteiger partial charge in [-0.3, -0.25) is 9.59 Å². The molecular weight excluding hydrogens is 396 g/mol. The molecule has 4 nitrogen and oxygen atoms in total. The molecule has 2 heterocycles. The highest BCUT2D eigenvalue weighted by Gasteiger charge is 2.43. The van der Waals surface area contributed by atoms with E-state index >= 15 is 0 Å². The molecule has 1 atom stereocenters. The number of benzene rings is 2. The Labute approximate surface area is 183 Å². The lowest BCUT2D eigenvalue weighted by atomic mass is 9.98. The van der Waals surface area contributed by atoms with Gasteiger partial charge in [-0.2, -0.15) is 0 Å². The standard InChI is InChI=1S/C25H27ClN2O2/c1-16(2)18-8-12-21(13-9-18)28-24(29)22(19-6-10-20(26)11-7-19)23(25(28)30)27-14-4-5-17(3)15-27/h6-13,16-17H,4-5,14-15H2,1-3H3. The van der Waals surface area contributed by atoms with Crippen molar-refractivity contribution < 1.29 is 9.59 Å². The number of nitrogens with zero attached hydrogens (tertiary/aromatic N) is 2. The second-order valence-corrected chi connectivity index (χ2v) is 9.05. The van der Waals surface area contributed by atoms with Crippen LogP contribution in [0.4, 0.5) is 5.69 Å². The second-order valence-electron chi connectivity index (χ2n) is 8.62. The molecule has 0 bridgehead atoms. The maximum atomic E-state index is 13.6. The first-order valence-electron chi connectivity index (χ1n) is 10.6. The highest BCUT2D eigenvalue weighted by Crippen LogP contribution is 2.37. The molecule has 2 aromatic rings. The monoisotopic (exact) mass is 422 g/mol. The summed E-state index contributed by atoms with van der Waals surface area (Å²) in [6.45, 7) is 8.01. The Morgan fingerprint density at radius 2 is 1.63 bits per heavy atom. The lowest BCUT2D eigenvalue weighted by Crippen LogP contribution is -2.39. The first-order chi connectivity index (χ1) is 14.4. The molecule has 30 heavy (non-hydrogen) atoms. The number of amides is 2. The summed E-state index contributed by atoms with van der Waals surface area (Å²) < 4.78 is 0. The Kier molecular flexibility index (Phi) is 5.70. The predicted octanol–water partition coefficient (Wildman–Crippen LogP) is 5.48. The van der Waals surface area contributed by atoms with Crippen molar-refractivity contribution in [3.63, 3.8) is 0 Å². The van der Waals surface area contributed by atoms with Gasteiger partial charge in [0.2, 0.25) is 0 Å². The molecule has 1 unspecified atom stereocenters. The van der Waals surface area contributed by atoms with Crippen LogP contribution in [0.3, 0.4) is 0 Å². The van der Waals surface area contributed by atoms with Crippen LogP contribution < -0.4 is 4.90 Å². The number of halogens is 1. The van der Waals surface area contributed by atoms with Crippen molar-refractivity contribution in [2.75, 3.05) is 18.0 Å². The van der Waals surface area contributed by atoms with E-state index in [2.05, 4.69) is 25.7 Å². The third kappa shape index (κ3) is 3.77. The van der Waals surface area contributed by atoms with Gasteiger partial charge >= 0.3 is 0 Å². The van der Waals surface area contributed by atoms with Gasteiger partial charge in [-0.15, -0.1) is 0 Å². The van der Waals surface area contributed by atoms with Gasteiger partial charge in [0.1, 0.15) is 5.70 Å². The summed E-state index contributed by atoms with van der Waals surface area (Å²) in [6.07, 6.45) is 2.16. The van der Waals surface area contributed by atoms with Crippen molar-refractivity contribution in [2.24, 2.45) is 5.92 Å². The summed E-state index contributed by atoms with van der Waals surface area (Å²) in [4.78, 5) is 30.5. The normalized spacial score (nSPS) is 20.0. The van der Waals surface area contributed by atoms with Gasteiger partial charge in [0, 0.05) is 18.1 Å². The topological polar surface area (TPSA) is 40.6 Å². The summed E-state index contributed by atoms with van der Waals surface area (Å²) >= 11 is 6.06. The zero-order chi connectivity index (χ0) is 21.4. The van der Waals surface area contributed by atoms with Crippen molar-refractivity contribution in [3.05, 3.63) is 70.4 Å². The molecule has 1 saturated heterocycles. The Hall–Kier alpha value is -2.59. The van der Waals surface area contributed by atoms with Crippen LogP contribution >= 0.6 is 11.6 Å². The van der Waals surface area contributed by atoms with Crippen LogP contribution in [0.5, 0.6) is 0 Å². The zero-order valence-corrected chi connectivity index (χ0v) is 18.4. The van der Waals surface area contributed by atoms with E-state index in [0.717, 1.165) is 31.5 Å². The summed E-state index contributed by atoms with van der Waals surface area (Å²) in [5.74, 6) is 0.362. The number of anilines is 1. The van der Waals surface area contributed by atoms with Gasteiger partial charge in [-0.25, -0.2) is 4.90 Å². The third-order valence-electron chi connectivity index (χ3n) is 5.98. The Bertz CT molecular complexity index is 993. The SMILES string of the molecule is CC1CCCN(C2=C(c3ccc(Cl)cc3)C(=O)N(c3ccc(C(C)C)cc3)C2=O)C1. The molecule has 0 saturated carbocycles. The number of hydrogen-bond acceptors (Lipinski definition) is 3. The molecule has 2 aromatic carbocycles.